The van der Waals surface area contributed by atoms with Crippen LogP contribution in [0.25, 0.3) is 0 Å². The first-order valence-corrected chi connectivity index (χ1v) is 9.68. The van der Waals surface area contributed by atoms with E-state index >= 15 is 0 Å². The number of para-hydroxylation sites is 1. The average Bonchev–Trinajstić information content (AvgIpc) is 2.74. The average molecular weight is 431 g/mol. The first-order valence-electron chi connectivity index (χ1n) is 9.30. The number of benzene rings is 2. The third-order valence-electron chi connectivity index (χ3n) is 3.95. The number of hydrogen-bond donors (Lipinski definition) is 3. The first-order chi connectivity index (χ1) is 14.4. The highest BCUT2D eigenvalue weighted by Crippen LogP contribution is 2.20. The van der Waals surface area contributed by atoms with E-state index in [9.17, 15) is 14.4 Å². The first kappa shape index (κ1) is 22.9. The van der Waals surface area contributed by atoms with Crippen LogP contribution in [0.3, 0.4) is 0 Å². The molecule has 0 aliphatic rings. The molecule has 0 fully saturated rings. The number of nitrogens with zero attached hydrogens (tertiary/aromatic N) is 1. The Morgan fingerprint density at radius 3 is 2.63 bits per heavy atom. The number of halogens is 1. The minimum absolute atomic E-state index is 0.101. The van der Waals surface area contributed by atoms with Crippen LogP contribution in [0.2, 0.25) is 5.02 Å². The largest absolute Gasteiger partial charge is 0.484 e. The van der Waals surface area contributed by atoms with E-state index in [4.69, 9.17) is 16.3 Å². The van der Waals surface area contributed by atoms with Crippen molar-refractivity contribution in [3.63, 3.8) is 0 Å². The van der Waals surface area contributed by atoms with Gasteiger partial charge in [-0.05, 0) is 43.2 Å². The maximum absolute atomic E-state index is 12.0. The molecule has 2 aromatic carbocycles. The molecule has 1 atom stereocenters. The molecule has 30 heavy (non-hydrogen) atoms. The molecular weight excluding hydrogens is 408 g/mol. The zero-order chi connectivity index (χ0) is 21.9. The summed E-state index contributed by atoms with van der Waals surface area (Å²) in [6.45, 7) is 3.49. The van der Waals surface area contributed by atoms with Gasteiger partial charge in [-0.3, -0.25) is 14.4 Å². The van der Waals surface area contributed by atoms with Gasteiger partial charge in [-0.1, -0.05) is 42.8 Å². The quantitative estimate of drug-likeness (QED) is 0.340. The monoisotopic (exact) mass is 430 g/mol. The number of carbonyl (C=O) groups excluding carboxylic acids is 3. The zero-order valence-corrected chi connectivity index (χ0v) is 17.4. The Morgan fingerprint density at radius 2 is 1.90 bits per heavy atom. The topological polar surface area (TPSA) is 109 Å². The highest BCUT2D eigenvalue weighted by Gasteiger charge is 2.14. The summed E-state index contributed by atoms with van der Waals surface area (Å²) in [7, 11) is 0. The smallest absolute Gasteiger partial charge is 0.329 e. The molecule has 3 N–H and O–H groups in total. The summed E-state index contributed by atoms with van der Waals surface area (Å²) in [4.78, 5) is 35.4. The molecule has 0 bridgehead atoms. The molecule has 0 unspecified atom stereocenters. The number of rotatable bonds is 8. The van der Waals surface area contributed by atoms with Gasteiger partial charge in [0.25, 0.3) is 5.91 Å². The standard InChI is InChI=1S/C21H23ClN4O4/c1-3-14(2)24-20(28)21(29)26-23-12-15-7-6-8-16(11-15)30-13-19(27)25-18-10-5-4-9-17(18)22/h4-12,14H,3,13H2,1-2H3,(H,24,28)(H,25,27)(H,26,29)/b23-12-/t14-/m1/s1. The Kier molecular flexibility index (Phi) is 8.83. The van der Waals surface area contributed by atoms with Crippen LogP contribution < -0.4 is 20.8 Å². The lowest BCUT2D eigenvalue weighted by molar-refractivity contribution is -0.139. The third-order valence-corrected chi connectivity index (χ3v) is 4.28. The Bertz CT molecular complexity index is 933. The summed E-state index contributed by atoms with van der Waals surface area (Å²) in [6, 6.07) is 13.5. The fourth-order valence-electron chi connectivity index (χ4n) is 2.19. The van der Waals surface area contributed by atoms with Crippen LogP contribution in [-0.4, -0.2) is 36.6 Å². The van der Waals surface area contributed by atoms with Gasteiger partial charge in [0.2, 0.25) is 0 Å². The Hall–Kier alpha value is -3.39. The van der Waals surface area contributed by atoms with E-state index in [1.165, 1.54) is 6.21 Å². The van der Waals surface area contributed by atoms with Gasteiger partial charge < -0.3 is 15.4 Å². The predicted octanol–water partition coefficient (Wildman–Crippen LogP) is 2.72. The van der Waals surface area contributed by atoms with Gasteiger partial charge in [-0.2, -0.15) is 5.10 Å². The molecule has 0 saturated carbocycles. The number of hydrazone groups is 1. The second-order valence-electron chi connectivity index (χ2n) is 6.37. The van der Waals surface area contributed by atoms with E-state index < -0.39 is 11.8 Å². The van der Waals surface area contributed by atoms with Crippen molar-refractivity contribution < 1.29 is 19.1 Å². The van der Waals surface area contributed by atoms with E-state index in [1.54, 1.807) is 55.5 Å². The summed E-state index contributed by atoms with van der Waals surface area (Å²) in [5.41, 5.74) is 3.28. The van der Waals surface area contributed by atoms with Crippen LogP contribution in [-0.2, 0) is 14.4 Å². The van der Waals surface area contributed by atoms with Gasteiger partial charge in [0.05, 0.1) is 16.9 Å². The molecule has 0 saturated heterocycles. The molecule has 158 valence electrons. The predicted molar refractivity (Wildman–Crippen MR) is 116 cm³/mol. The maximum Gasteiger partial charge on any atom is 0.329 e. The number of carbonyl (C=O) groups is 3. The summed E-state index contributed by atoms with van der Waals surface area (Å²) in [6.07, 6.45) is 2.08. The van der Waals surface area contributed by atoms with Crippen molar-refractivity contribution in [1.82, 2.24) is 10.7 Å². The van der Waals surface area contributed by atoms with Gasteiger partial charge in [0, 0.05) is 6.04 Å². The lowest BCUT2D eigenvalue weighted by Crippen LogP contribution is -2.41. The summed E-state index contributed by atoms with van der Waals surface area (Å²) < 4.78 is 5.47. The molecular formula is C21H23ClN4O4. The Morgan fingerprint density at radius 1 is 1.13 bits per heavy atom. The molecule has 2 aromatic rings. The molecule has 0 aliphatic heterocycles. The van der Waals surface area contributed by atoms with Crippen LogP contribution in [0.15, 0.2) is 53.6 Å². The molecule has 0 heterocycles. The summed E-state index contributed by atoms with van der Waals surface area (Å²) >= 11 is 6.00. The Balaban J connectivity index is 1.84. The van der Waals surface area contributed by atoms with Crippen LogP contribution >= 0.6 is 11.6 Å². The second-order valence-corrected chi connectivity index (χ2v) is 6.78. The van der Waals surface area contributed by atoms with Gasteiger partial charge in [0.15, 0.2) is 6.61 Å². The highest BCUT2D eigenvalue weighted by atomic mass is 35.5. The molecule has 8 nitrogen and oxygen atoms in total. The second kappa shape index (κ2) is 11.6. The number of ether oxygens (including phenoxy) is 1. The molecule has 0 aromatic heterocycles. The normalized spacial score (nSPS) is 11.6. The number of nitrogens with one attached hydrogen (secondary N) is 3. The van der Waals surface area contributed by atoms with Crippen molar-refractivity contribution in [3.05, 3.63) is 59.1 Å². The van der Waals surface area contributed by atoms with Crippen LogP contribution in [0.4, 0.5) is 5.69 Å². The summed E-state index contributed by atoms with van der Waals surface area (Å²) in [5.74, 6) is -1.52. The fraction of sp³-hybridized carbons (Fsp3) is 0.238. The van der Waals surface area contributed by atoms with Crippen molar-refractivity contribution in [2.24, 2.45) is 5.10 Å². The lowest BCUT2D eigenvalue weighted by Gasteiger charge is -2.09. The van der Waals surface area contributed by atoms with E-state index in [0.29, 0.717) is 28.4 Å². The van der Waals surface area contributed by atoms with E-state index in [2.05, 4.69) is 21.2 Å². The van der Waals surface area contributed by atoms with Gasteiger partial charge >= 0.3 is 11.8 Å². The molecule has 2 rings (SSSR count). The SMILES string of the molecule is CC[C@@H](C)NC(=O)C(=O)N/N=C\c1cccc(OCC(=O)Nc2ccccc2Cl)c1. The number of hydrogen-bond acceptors (Lipinski definition) is 5. The molecule has 0 aliphatic carbocycles. The third kappa shape index (κ3) is 7.56. The van der Waals surface area contributed by atoms with Crippen LogP contribution in [0.5, 0.6) is 5.75 Å². The van der Waals surface area contributed by atoms with Gasteiger partial charge in [-0.15, -0.1) is 0 Å². The minimum Gasteiger partial charge on any atom is -0.484 e. The summed E-state index contributed by atoms with van der Waals surface area (Å²) in [5, 5.41) is 9.40. The van der Waals surface area contributed by atoms with Crippen molar-refractivity contribution in [1.29, 1.82) is 0 Å². The molecule has 3 amide bonds. The number of anilines is 1. The number of amides is 3. The lowest BCUT2D eigenvalue weighted by atomic mass is 10.2. The van der Waals surface area contributed by atoms with Gasteiger partial charge in [0.1, 0.15) is 5.75 Å². The Labute approximate surface area is 179 Å². The van der Waals surface area contributed by atoms with Crippen molar-refractivity contribution in [2.75, 3.05) is 11.9 Å². The van der Waals surface area contributed by atoms with Crippen LogP contribution in [0, 0.1) is 0 Å². The van der Waals surface area contributed by atoms with Crippen molar-refractivity contribution in [3.8, 4) is 5.75 Å². The minimum atomic E-state index is -0.852. The molecule has 9 heteroatoms. The fourth-order valence-corrected chi connectivity index (χ4v) is 2.37. The molecule has 0 radical (unpaired) electrons. The van der Waals surface area contributed by atoms with E-state index in [1.807, 2.05) is 6.92 Å². The van der Waals surface area contributed by atoms with E-state index in [-0.39, 0.29) is 18.6 Å². The zero-order valence-electron chi connectivity index (χ0n) is 16.6. The van der Waals surface area contributed by atoms with Gasteiger partial charge in [-0.25, -0.2) is 5.43 Å². The van der Waals surface area contributed by atoms with Crippen LogP contribution in [0.1, 0.15) is 25.8 Å². The highest BCUT2D eigenvalue weighted by molar-refractivity contribution is 6.35. The maximum atomic E-state index is 12.0. The van der Waals surface area contributed by atoms with Crippen molar-refractivity contribution in [2.45, 2.75) is 26.3 Å². The molecule has 0 spiro atoms. The van der Waals surface area contributed by atoms with E-state index in [0.717, 1.165) is 0 Å². The van der Waals surface area contributed by atoms with Crippen molar-refractivity contribution >= 4 is 41.2 Å².